The number of aldehydes is 1. The SMILES string of the molecule is CO.Cc1nnc(C=O)n1-c1ccc(Cl)cc1C(=O)c1ccccc1. The highest BCUT2D eigenvalue weighted by molar-refractivity contribution is 6.31. The number of hydrogen-bond acceptors (Lipinski definition) is 5. The minimum Gasteiger partial charge on any atom is -0.400 e. The van der Waals surface area contributed by atoms with E-state index in [0.717, 1.165) is 7.11 Å². The third kappa shape index (κ3) is 3.81. The van der Waals surface area contributed by atoms with Crippen LogP contribution in [0.2, 0.25) is 5.02 Å². The summed E-state index contributed by atoms with van der Waals surface area (Å²) in [4.78, 5) is 24.0. The highest BCUT2D eigenvalue weighted by atomic mass is 35.5. The number of rotatable bonds is 4. The third-order valence-electron chi connectivity index (χ3n) is 3.44. The Labute approximate surface area is 149 Å². The van der Waals surface area contributed by atoms with E-state index in [9.17, 15) is 9.59 Å². The first-order valence-electron chi connectivity index (χ1n) is 7.33. The number of aromatic nitrogens is 3. The molecule has 0 bridgehead atoms. The lowest BCUT2D eigenvalue weighted by atomic mass is 10.0. The van der Waals surface area contributed by atoms with Crippen LogP contribution >= 0.6 is 11.6 Å². The fraction of sp³-hybridized carbons (Fsp3) is 0.111. The molecule has 0 aliphatic heterocycles. The van der Waals surface area contributed by atoms with E-state index in [1.807, 2.05) is 6.07 Å². The van der Waals surface area contributed by atoms with Crippen molar-refractivity contribution in [3.05, 3.63) is 76.3 Å². The fourth-order valence-corrected chi connectivity index (χ4v) is 2.56. The zero-order valence-electron chi connectivity index (χ0n) is 13.7. The van der Waals surface area contributed by atoms with E-state index < -0.39 is 0 Å². The Hall–Kier alpha value is -2.83. The summed E-state index contributed by atoms with van der Waals surface area (Å²) in [6, 6.07) is 13.8. The summed E-state index contributed by atoms with van der Waals surface area (Å²) in [7, 11) is 1.00. The number of nitrogens with zero attached hydrogens (tertiary/aromatic N) is 3. The van der Waals surface area contributed by atoms with Crippen molar-refractivity contribution in [2.75, 3.05) is 7.11 Å². The predicted octanol–water partition coefficient (Wildman–Crippen LogP) is 2.88. The molecule has 0 amide bonds. The average Bonchev–Trinajstić information content (AvgIpc) is 3.04. The van der Waals surface area contributed by atoms with Crippen molar-refractivity contribution in [2.45, 2.75) is 6.92 Å². The number of aryl methyl sites for hydroxylation is 1. The second-order valence-corrected chi connectivity index (χ2v) is 5.35. The summed E-state index contributed by atoms with van der Waals surface area (Å²) < 4.78 is 1.54. The highest BCUT2D eigenvalue weighted by Gasteiger charge is 2.19. The van der Waals surface area contributed by atoms with Crippen LogP contribution in [0.4, 0.5) is 0 Å². The van der Waals surface area contributed by atoms with Gasteiger partial charge in [-0.05, 0) is 25.1 Å². The summed E-state index contributed by atoms with van der Waals surface area (Å²) in [5.41, 5.74) is 1.44. The molecule has 0 radical (unpaired) electrons. The molecule has 128 valence electrons. The monoisotopic (exact) mass is 357 g/mol. The van der Waals surface area contributed by atoms with E-state index in [-0.39, 0.29) is 11.6 Å². The van der Waals surface area contributed by atoms with Crippen LogP contribution in [0.1, 0.15) is 32.4 Å². The number of ketones is 1. The van der Waals surface area contributed by atoms with Crippen LogP contribution < -0.4 is 0 Å². The molecule has 1 N–H and O–H groups in total. The van der Waals surface area contributed by atoms with E-state index in [1.54, 1.807) is 54.0 Å². The van der Waals surface area contributed by atoms with Crippen molar-refractivity contribution in [3.8, 4) is 5.69 Å². The number of benzene rings is 2. The van der Waals surface area contributed by atoms with Gasteiger partial charge in [0, 0.05) is 23.3 Å². The van der Waals surface area contributed by atoms with Gasteiger partial charge in [-0.1, -0.05) is 41.9 Å². The average molecular weight is 358 g/mol. The van der Waals surface area contributed by atoms with Crippen molar-refractivity contribution in [1.29, 1.82) is 0 Å². The summed E-state index contributed by atoms with van der Waals surface area (Å²) in [6.07, 6.45) is 0.603. The van der Waals surface area contributed by atoms with Gasteiger partial charge in [-0.2, -0.15) is 0 Å². The molecule has 0 saturated carbocycles. The van der Waals surface area contributed by atoms with Crippen molar-refractivity contribution in [2.24, 2.45) is 0 Å². The van der Waals surface area contributed by atoms with Gasteiger partial charge < -0.3 is 5.11 Å². The predicted molar refractivity (Wildman–Crippen MR) is 94.5 cm³/mol. The number of aliphatic hydroxyl groups excluding tert-OH is 1. The van der Waals surface area contributed by atoms with Crippen LogP contribution in [0.25, 0.3) is 5.69 Å². The minimum absolute atomic E-state index is 0.131. The van der Waals surface area contributed by atoms with Crippen LogP contribution in [0, 0.1) is 6.92 Å². The smallest absolute Gasteiger partial charge is 0.201 e. The van der Waals surface area contributed by atoms with Gasteiger partial charge in [0.25, 0.3) is 0 Å². The molecule has 2 aromatic carbocycles. The number of aliphatic hydroxyl groups is 1. The molecule has 0 atom stereocenters. The minimum atomic E-state index is -0.187. The Kier molecular flexibility index (Phi) is 6.16. The molecule has 1 aromatic heterocycles. The lowest BCUT2D eigenvalue weighted by Crippen LogP contribution is -2.10. The molecular formula is C18H16ClN3O3. The van der Waals surface area contributed by atoms with Gasteiger partial charge in [0.1, 0.15) is 5.82 Å². The Morgan fingerprint density at radius 2 is 1.80 bits per heavy atom. The maximum absolute atomic E-state index is 12.8. The molecule has 0 aliphatic rings. The van der Waals surface area contributed by atoms with Gasteiger partial charge in [-0.15, -0.1) is 10.2 Å². The van der Waals surface area contributed by atoms with Gasteiger partial charge in [-0.25, -0.2) is 0 Å². The molecule has 3 rings (SSSR count). The van der Waals surface area contributed by atoms with Crippen molar-refractivity contribution in [1.82, 2.24) is 14.8 Å². The number of hydrogen-bond donors (Lipinski definition) is 1. The molecule has 1 heterocycles. The van der Waals surface area contributed by atoms with Crippen LogP contribution in [0.15, 0.2) is 48.5 Å². The van der Waals surface area contributed by atoms with Crippen molar-refractivity contribution in [3.63, 3.8) is 0 Å². The van der Waals surface area contributed by atoms with Gasteiger partial charge in [0.15, 0.2) is 12.1 Å². The largest absolute Gasteiger partial charge is 0.400 e. The molecule has 3 aromatic rings. The zero-order valence-corrected chi connectivity index (χ0v) is 14.4. The van der Waals surface area contributed by atoms with Crippen molar-refractivity contribution < 1.29 is 14.7 Å². The Morgan fingerprint density at radius 1 is 1.12 bits per heavy atom. The van der Waals surface area contributed by atoms with Crippen LogP contribution in [-0.2, 0) is 0 Å². The van der Waals surface area contributed by atoms with Crippen LogP contribution in [0.3, 0.4) is 0 Å². The van der Waals surface area contributed by atoms with E-state index in [1.165, 1.54) is 0 Å². The van der Waals surface area contributed by atoms with E-state index in [2.05, 4.69) is 10.2 Å². The summed E-state index contributed by atoms with van der Waals surface area (Å²) in [5.74, 6) is 0.455. The second kappa shape index (κ2) is 8.32. The molecule has 25 heavy (non-hydrogen) atoms. The first-order chi connectivity index (χ1) is 12.1. The maximum atomic E-state index is 12.8. The first-order valence-corrected chi connectivity index (χ1v) is 7.71. The molecule has 0 fully saturated rings. The standard InChI is InChI=1S/C17H12ClN3O2.CH4O/c1-11-19-20-16(10-22)21(11)15-8-7-13(18)9-14(15)17(23)12-5-3-2-4-6-12;1-2/h2-10H,1H3;2H,1H3. The van der Waals surface area contributed by atoms with Gasteiger partial charge in [-0.3, -0.25) is 14.2 Å². The lowest BCUT2D eigenvalue weighted by Gasteiger charge is -2.12. The normalized spacial score (nSPS) is 9.92. The van der Waals surface area contributed by atoms with E-state index >= 15 is 0 Å². The topological polar surface area (TPSA) is 85.1 Å². The van der Waals surface area contributed by atoms with E-state index in [4.69, 9.17) is 16.7 Å². The number of carbonyl (C=O) groups excluding carboxylic acids is 2. The lowest BCUT2D eigenvalue weighted by molar-refractivity contribution is 0.103. The molecule has 7 heteroatoms. The molecule has 0 aliphatic carbocycles. The van der Waals surface area contributed by atoms with Crippen LogP contribution in [0.5, 0.6) is 0 Å². The first kappa shape index (κ1) is 18.5. The Morgan fingerprint density at radius 3 is 2.44 bits per heavy atom. The molecular weight excluding hydrogens is 342 g/mol. The molecule has 6 nitrogen and oxygen atoms in total. The summed E-state index contributed by atoms with van der Waals surface area (Å²) in [6.45, 7) is 1.71. The van der Waals surface area contributed by atoms with Gasteiger partial charge in [0.2, 0.25) is 5.82 Å². The number of carbonyl (C=O) groups is 2. The molecule has 0 spiro atoms. The molecule has 0 saturated heterocycles. The second-order valence-electron chi connectivity index (χ2n) is 4.92. The maximum Gasteiger partial charge on any atom is 0.201 e. The fourth-order valence-electron chi connectivity index (χ4n) is 2.38. The van der Waals surface area contributed by atoms with Gasteiger partial charge in [0.05, 0.1) is 5.69 Å². The highest BCUT2D eigenvalue weighted by Crippen LogP contribution is 2.24. The van der Waals surface area contributed by atoms with Gasteiger partial charge >= 0.3 is 0 Å². The van der Waals surface area contributed by atoms with Crippen LogP contribution in [-0.4, -0.2) is 39.1 Å². The zero-order chi connectivity index (χ0) is 18.4. The molecule has 0 unspecified atom stereocenters. The van der Waals surface area contributed by atoms with E-state index in [0.29, 0.717) is 33.9 Å². The summed E-state index contributed by atoms with van der Waals surface area (Å²) >= 11 is 6.06. The quantitative estimate of drug-likeness (QED) is 0.573. The summed E-state index contributed by atoms with van der Waals surface area (Å²) in [5, 5.41) is 15.1. The number of halogens is 1. The Balaban J connectivity index is 0.00000109. The third-order valence-corrected chi connectivity index (χ3v) is 3.67. The Bertz CT molecular complexity index is 892. The van der Waals surface area contributed by atoms with Crippen molar-refractivity contribution >= 4 is 23.7 Å².